The van der Waals surface area contributed by atoms with Crippen molar-refractivity contribution in [2.45, 2.75) is 50.4 Å². The van der Waals surface area contributed by atoms with Gasteiger partial charge in [0.05, 0.1) is 24.8 Å². The van der Waals surface area contributed by atoms with Crippen LogP contribution >= 0.6 is 0 Å². The predicted molar refractivity (Wildman–Crippen MR) is 96.5 cm³/mol. The lowest BCUT2D eigenvalue weighted by atomic mass is 10.0. The summed E-state index contributed by atoms with van der Waals surface area (Å²) in [5.74, 6) is -4.31. The summed E-state index contributed by atoms with van der Waals surface area (Å²) in [5, 5.41) is 11.1. The Morgan fingerprint density at radius 3 is 2.62 bits per heavy atom. The number of carboxylic acid groups (broad SMARTS) is 1. The van der Waals surface area contributed by atoms with Crippen LogP contribution in [-0.2, 0) is 28.7 Å². The lowest BCUT2D eigenvalue weighted by molar-refractivity contribution is -0.148. The molecule has 3 amide bonds. The number of hydrogen-bond acceptors (Lipinski definition) is 5. The molecular formula is C18H20F5N5O4. The van der Waals surface area contributed by atoms with E-state index in [0.29, 0.717) is 0 Å². The van der Waals surface area contributed by atoms with Crippen LogP contribution in [0.5, 0.6) is 0 Å². The number of rotatable bonds is 5. The van der Waals surface area contributed by atoms with Crippen molar-refractivity contribution in [1.29, 1.82) is 0 Å². The molecule has 176 valence electrons. The molecule has 0 radical (unpaired) electrons. The fourth-order valence-electron chi connectivity index (χ4n) is 3.81. The quantitative estimate of drug-likeness (QED) is 0.640. The van der Waals surface area contributed by atoms with Crippen molar-refractivity contribution in [1.82, 2.24) is 25.1 Å². The highest BCUT2D eigenvalue weighted by molar-refractivity contribution is 5.79. The van der Waals surface area contributed by atoms with Gasteiger partial charge in [-0.05, 0) is 6.42 Å². The smallest absolute Gasteiger partial charge is 0.433 e. The Hall–Kier alpha value is -3.06. The van der Waals surface area contributed by atoms with Gasteiger partial charge in [0, 0.05) is 37.9 Å². The van der Waals surface area contributed by atoms with E-state index < -0.39 is 74.1 Å². The largest absolute Gasteiger partial charge is 0.465 e. The maximum atomic E-state index is 13.7. The van der Waals surface area contributed by atoms with Crippen molar-refractivity contribution < 1.29 is 41.4 Å². The Morgan fingerprint density at radius 2 is 1.97 bits per heavy atom. The van der Waals surface area contributed by atoms with Gasteiger partial charge in [-0.15, -0.1) is 0 Å². The highest BCUT2D eigenvalue weighted by Gasteiger charge is 2.41. The van der Waals surface area contributed by atoms with E-state index in [9.17, 15) is 36.3 Å². The van der Waals surface area contributed by atoms with Gasteiger partial charge in [0.15, 0.2) is 5.69 Å². The topological polar surface area (TPSA) is 116 Å². The molecule has 1 fully saturated rings. The zero-order valence-corrected chi connectivity index (χ0v) is 16.7. The van der Waals surface area contributed by atoms with E-state index in [1.165, 1.54) is 4.90 Å². The van der Waals surface area contributed by atoms with Crippen LogP contribution < -0.4 is 5.32 Å². The van der Waals surface area contributed by atoms with Crippen molar-refractivity contribution >= 4 is 17.9 Å². The van der Waals surface area contributed by atoms with Gasteiger partial charge in [0.2, 0.25) is 11.8 Å². The molecule has 0 aliphatic carbocycles. The molecule has 32 heavy (non-hydrogen) atoms. The normalized spacial score (nSPS) is 19.3. The molecule has 1 aromatic heterocycles. The molecule has 1 atom stereocenters. The molecule has 0 bridgehead atoms. The van der Waals surface area contributed by atoms with Crippen molar-refractivity contribution in [3.63, 3.8) is 0 Å². The molecule has 0 saturated carbocycles. The molecule has 2 aliphatic rings. The first-order valence-corrected chi connectivity index (χ1v) is 9.68. The second kappa shape index (κ2) is 8.82. The summed E-state index contributed by atoms with van der Waals surface area (Å²) in [7, 11) is 0. The van der Waals surface area contributed by atoms with Crippen LogP contribution in [0.2, 0.25) is 0 Å². The fraction of sp³-hybridized carbons (Fsp3) is 0.611. The number of hydrogen-bond donors (Lipinski definition) is 2. The summed E-state index contributed by atoms with van der Waals surface area (Å²) >= 11 is 0. The van der Waals surface area contributed by atoms with Gasteiger partial charge in [-0.25, -0.2) is 23.5 Å². The third kappa shape index (κ3) is 5.59. The number of likely N-dealkylation sites (tertiary alicyclic amines) is 1. The van der Waals surface area contributed by atoms with Crippen molar-refractivity contribution in [2.75, 3.05) is 19.6 Å². The third-order valence-electron chi connectivity index (χ3n) is 5.30. The van der Waals surface area contributed by atoms with Gasteiger partial charge in [-0.1, -0.05) is 0 Å². The second-order valence-electron chi connectivity index (χ2n) is 7.69. The summed E-state index contributed by atoms with van der Waals surface area (Å²) in [6, 6.07) is -1.17. The van der Waals surface area contributed by atoms with Gasteiger partial charge in [-0.3, -0.25) is 9.59 Å². The van der Waals surface area contributed by atoms with E-state index in [-0.39, 0.29) is 30.8 Å². The van der Waals surface area contributed by atoms with Crippen molar-refractivity contribution in [2.24, 2.45) is 0 Å². The lowest BCUT2D eigenvalue weighted by Crippen LogP contribution is -2.53. The predicted octanol–water partition coefficient (Wildman–Crippen LogP) is 1.66. The Bertz CT molecular complexity index is 910. The standard InChI is InChI=1S/C18H20F5N5O4/c19-17(20)3-1-13(29)28(8-17)6-10(26-16(31)32)5-14(30)27-4-2-11-12(7-27)24-9-25-15(11)18(21,22)23/h9-10,26H,1-8H2,(H,31,32)/t10-/m0/s1. The average molecular weight is 465 g/mol. The fourth-order valence-corrected chi connectivity index (χ4v) is 3.81. The molecule has 0 unspecified atom stereocenters. The molecule has 9 nitrogen and oxygen atoms in total. The maximum absolute atomic E-state index is 13.7. The summed E-state index contributed by atoms with van der Waals surface area (Å²) in [5.41, 5.74) is -1.14. The van der Waals surface area contributed by atoms with Crippen LogP contribution in [0.1, 0.15) is 36.2 Å². The Balaban J connectivity index is 1.69. The van der Waals surface area contributed by atoms with Gasteiger partial charge < -0.3 is 20.2 Å². The van der Waals surface area contributed by atoms with Crippen molar-refractivity contribution in [3.8, 4) is 0 Å². The number of amides is 3. The number of nitrogens with zero attached hydrogens (tertiary/aromatic N) is 4. The Morgan fingerprint density at radius 1 is 1.25 bits per heavy atom. The van der Waals surface area contributed by atoms with Gasteiger partial charge in [0.1, 0.15) is 6.33 Å². The molecule has 14 heteroatoms. The minimum atomic E-state index is -4.67. The van der Waals surface area contributed by atoms with Crippen molar-refractivity contribution in [3.05, 3.63) is 23.3 Å². The molecule has 0 spiro atoms. The highest BCUT2D eigenvalue weighted by atomic mass is 19.4. The van der Waals surface area contributed by atoms with E-state index in [1.54, 1.807) is 0 Å². The molecule has 2 aliphatic heterocycles. The molecule has 1 aromatic rings. The minimum absolute atomic E-state index is 0.0283. The number of carbonyl (C=O) groups is 3. The molecular weight excluding hydrogens is 445 g/mol. The van der Waals surface area contributed by atoms with E-state index in [0.717, 1.165) is 11.2 Å². The second-order valence-corrected chi connectivity index (χ2v) is 7.69. The van der Waals surface area contributed by atoms with E-state index >= 15 is 0 Å². The number of piperidine rings is 1. The average Bonchev–Trinajstić information content (AvgIpc) is 2.68. The van der Waals surface area contributed by atoms with E-state index in [4.69, 9.17) is 5.11 Å². The number of nitrogens with one attached hydrogen (secondary N) is 1. The zero-order valence-electron chi connectivity index (χ0n) is 16.7. The van der Waals surface area contributed by atoms with Crippen LogP contribution in [0.25, 0.3) is 0 Å². The number of carbonyl (C=O) groups excluding carboxylic acids is 2. The van der Waals surface area contributed by atoms with E-state index in [1.807, 2.05) is 5.32 Å². The maximum Gasteiger partial charge on any atom is 0.433 e. The van der Waals surface area contributed by atoms with Gasteiger partial charge in [-0.2, -0.15) is 13.2 Å². The van der Waals surface area contributed by atoms with Crippen LogP contribution in [-0.4, -0.2) is 74.4 Å². The molecule has 0 aromatic carbocycles. The van der Waals surface area contributed by atoms with E-state index in [2.05, 4.69) is 9.97 Å². The first kappa shape index (κ1) is 23.6. The van der Waals surface area contributed by atoms with Gasteiger partial charge in [0.25, 0.3) is 5.92 Å². The Labute approximate surface area is 178 Å². The number of aromatic nitrogens is 2. The molecule has 1 saturated heterocycles. The summed E-state index contributed by atoms with van der Waals surface area (Å²) in [4.78, 5) is 44.9. The third-order valence-corrected chi connectivity index (χ3v) is 5.30. The molecule has 2 N–H and O–H groups in total. The number of halogens is 5. The minimum Gasteiger partial charge on any atom is -0.465 e. The number of fused-ring (bicyclic) bond motifs is 1. The number of alkyl halides is 5. The lowest BCUT2D eigenvalue weighted by Gasteiger charge is -2.35. The monoisotopic (exact) mass is 465 g/mol. The molecule has 3 heterocycles. The summed E-state index contributed by atoms with van der Waals surface area (Å²) < 4.78 is 66.6. The summed E-state index contributed by atoms with van der Waals surface area (Å²) in [6.07, 6.45) is -7.03. The van der Waals surface area contributed by atoms with Crippen LogP contribution in [0, 0.1) is 0 Å². The SMILES string of the molecule is O=C(O)N[C@@H](CC(=O)N1CCc2c(ncnc2C(F)(F)F)C1)CN1CC(F)(F)CCC1=O. The first-order chi connectivity index (χ1) is 14.9. The van der Waals surface area contributed by atoms with Crippen LogP contribution in [0.4, 0.5) is 26.7 Å². The highest BCUT2D eigenvalue weighted by Crippen LogP contribution is 2.33. The van der Waals surface area contributed by atoms with Gasteiger partial charge >= 0.3 is 12.3 Å². The first-order valence-electron chi connectivity index (χ1n) is 9.68. The Kier molecular flexibility index (Phi) is 6.51. The molecule has 3 rings (SSSR count). The van der Waals surface area contributed by atoms with Crippen LogP contribution in [0.15, 0.2) is 6.33 Å². The summed E-state index contributed by atoms with van der Waals surface area (Å²) in [6.45, 7) is -1.63. The van der Waals surface area contributed by atoms with Crippen LogP contribution in [0.3, 0.4) is 0 Å². The zero-order chi connectivity index (χ0) is 23.7.